The number of nitrogens with zero attached hydrogens (tertiary/aromatic N) is 1. The summed E-state index contributed by atoms with van der Waals surface area (Å²) in [5.41, 5.74) is 4.27. The number of ketones is 1. The minimum Gasteiger partial charge on any atom is -0.493 e. The van der Waals surface area contributed by atoms with Crippen LogP contribution in [-0.2, 0) is 9.53 Å². The first-order valence-corrected chi connectivity index (χ1v) is 13.2. The van der Waals surface area contributed by atoms with E-state index in [9.17, 15) is 4.79 Å². The number of benzene rings is 2. The third-order valence-electron chi connectivity index (χ3n) is 7.35. The van der Waals surface area contributed by atoms with Crippen molar-refractivity contribution < 1.29 is 19.0 Å². The summed E-state index contributed by atoms with van der Waals surface area (Å²) < 4.78 is 17.0. The molecule has 5 rings (SSSR count). The molecule has 2 heterocycles. The van der Waals surface area contributed by atoms with Crippen molar-refractivity contribution in [2.75, 3.05) is 37.6 Å². The monoisotopic (exact) mass is 521 g/mol. The van der Waals surface area contributed by atoms with E-state index in [2.05, 4.69) is 29.4 Å². The first-order valence-electron chi connectivity index (χ1n) is 12.8. The van der Waals surface area contributed by atoms with Crippen LogP contribution in [0.3, 0.4) is 0 Å². The van der Waals surface area contributed by atoms with Gasteiger partial charge < -0.3 is 29.7 Å². The van der Waals surface area contributed by atoms with E-state index in [1.54, 1.807) is 14.2 Å². The van der Waals surface area contributed by atoms with Crippen molar-refractivity contribution in [2.24, 2.45) is 5.41 Å². The fraction of sp³-hybridized carbons (Fsp3) is 0.448. The van der Waals surface area contributed by atoms with Crippen LogP contribution in [0.25, 0.3) is 0 Å². The van der Waals surface area contributed by atoms with Crippen LogP contribution in [0.4, 0.5) is 11.4 Å². The number of ether oxygens (including phenoxy) is 3. The Hall–Kier alpha value is -3.10. The van der Waals surface area contributed by atoms with Crippen molar-refractivity contribution in [3.63, 3.8) is 0 Å². The molecule has 1 saturated heterocycles. The summed E-state index contributed by atoms with van der Waals surface area (Å²) >= 11 is 6.05. The number of methoxy groups -OCH3 is 2. The number of allylic oxidation sites excluding steroid dienone is 1. The van der Waals surface area contributed by atoms with E-state index in [-0.39, 0.29) is 17.3 Å². The van der Waals surface area contributed by atoms with Gasteiger partial charge in [-0.3, -0.25) is 4.79 Å². The van der Waals surface area contributed by atoms with Crippen LogP contribution in [0.1, 0.15) is 51.1 Å². The second-order valence-electron chi connectivity index (χ2n) is 10.7. The highest BCUT2D eigenvalue weighted by Crippen LogP contribution is 2.49. The number of anilines is 2. The van der Waals surface area contributed by atoms with Gasteiger partial charge in [-0.1, -0.05) is 32.0 Å². The average molecular weight is 522 g/mol. The summed E-state index contributed by atoms with van der Waals surface area (Å²) in [7, 11) is 3.24. The highest BCUT2D eigenvalue weighted by atomic mass is 32.1. The summed E-state index contributed by atoms with van der Waals surface area (Å²) in [5, 5.41) is 7.64. The molecule has 0 spiro atoms. The highest BCUT2D eigenvalue weighted by Gasteiger charge is 2.42. The quantitative estimate of drug-likeness (QED) is 0.509. The molecule has 196 valence electrons. The molecule has 0 saturated carbocycles. The minimum absolute atomic E-state index is 0.123. The molecule has 1 aliphatic carbocycles. The molecule has 37 heavy (non-hydrogen) atoms. The predicted molar refractivity (Wildman–Crippen MR) is 149 cm³/mol. The zero-order chi connectivity index (χ0) is 26.2. The molecule has 8 heteroatoms. The topological polar surface area (TPSA) is 72.1 Å². The minimum atomic E-state index is -0.445. The predicted octanol–water partition coefficient (Wildman–Crippen LogP) is 5.37. The van der Waals surface area contributed by atoms with E-state index in [1.165, 1.54) is 0 Å². The standard InChI is InChI=1S/C29H35N3O4S/c1-29(2)15-21-26(23(33)16-29)27(18-11-12-24(34-3)25(14-18)35-4)32(22-10-6-5-9-20(22)31-21)28(37)30-17-19-8-7-13-36-19/h5-6,9-12,14,19,27,31H,7-8,13,15-17H2,1-4H3,(H,30,37)/t19-,27-/m1/s1. The van der Waals surface area contributed by atoms with Gasteiger partial charge in [-0.25, -0.2) is 0 Å². The zero-order valence-electron chi connectivity index (χ0n) is 21.9. The summed E-state index contributed by atoms with van der Waals surface area (Å²) in [6.07, 6.45) is 3.43. The molecular formula is C29H35N3O4S. The molecule has 7 nitrogen and oxygen atoms in total. The Kier molecular flexibility index (Phi) is 7.14. The number of thiocarbonyl (C=S) groups is 1. The van der Waals surface area contributed by atoms with Crippen molar-refractivity contribution in [1.82, 2.24) is 5.32 Å². The third-order valence-corrected chi connectivity index (χ3v) is 7.69. The number of hydrogen-bond donors (Lipinski definition) is 2. The summed E-state index contributed by atoms with van der Waals surface area (Å²) in [4.78, 5) is 16.0. The number of carbonyl (C=O) groups is 1. The van der Waals surface area contributed by atoms with Gasteiger partial charge in [0.25, 0.3) is 0 Å². The van der Waals surface area contributed by atoms with Crippen LogP contribution in [0.2, 0.25) is 0 Å². The molecule has 2 N–H and O–H groups in total. The Bertz CT molecular complexity index is 1240. The van der Waals surface area contributed by atoms with Crippen LogP contribution < -0.4 is 25.0 Å². The Balaban J connectivity index is 1.67. The number of nitrogens with one attached hydrogen (secondary N) is 2. The van der Waals surface area contributed by atoms with Crippen molar-refractivity contribution >= 4 is 34.5 Å². The molecule has 2 atom stereocenters. The van der Waals surface area contributed by atoms with Gasteiger partial charge >= 0.3 is 0 Å². The Morgan fingerprint density at radius 2 is 1.95 bits per heavy atom. The van der Waals surface area contributed by atoms with E-state index < -0.39 is 6.04 Å². The molecule has 0 unspecified atom stereocenters. The highest BCUT2D eigenvalue weighted by molar-refractivity contribution is 7.80. The van der Waals surface area contributed by atoms with Crippen molar-refractivity contribution in [3.8, 4) is 11.5 Å². The summed E-state index contributed by atoms with van der Waals surface area (Å²) in [5.74, 6) is 1.36. The number of rotatable bonds is 5. The molecule has 0 aromatic heterocycles. The molecule has 1 fully saturated rings. The zero-order valence-corrected chi connectivity index (χ0v) is 22.7. The largest absolute Gasteiger partial charge is 0.493 e. The SMILES string of the molecule is COc1ccc([C@@H]2C3=C(CC(C)(C)CC3=O)Nc3ccccc3N2C(=S)NC[C@H]2CCCO2)cc1OC. The van der Waals surface area contributed by atoms with Crippen LogP contribution in [0, 0.1) is 5.41 Å². The molecule has 2 aromatic rings. The molecule has 2 aromatic carbocycles. The lowest BCUT2D eigenvalue weighted by atomic mass is 9.73. The van der Waals surface area contributed by atoms with Gasteiger partial charge in [0.2, 0.25) is 0 Å². The smallest absolute Gasteiger partial charge is 0.174 e. The van der Waals surface area contributed by atoms with Gasteiger partial charge in [0, 0.05) is 30.8 Å². The first-order chi connectivity index (χ1) is 17.8. The maximum Gasteiger partial charge on any atom is 0.174 e. The second kappa shape index (κ2) is 10.3. The van der Waals surface area contributed by atoms with Crippen molar-refractivity contribution in [1.29, 1.82) is 0 Å². The van der Waals surface area contributed by atoms with Crippen LogP contribution in [0.5, 0.6) is 11.5 Å². The Morgan fingerprint density at radius 1 is 1.16 bits per heavy atom. The van der Waals surface area contributed by atoms with E-state index in [0.29, 0.717) is 29.6 Å². The van der Waals surface area contributed by atoms with Crippen LogP contribution in [-0.4, -0.2) is 44.4 Å². The lowest BCUT2D eigenvalue weighted by molar-refractivity contribution is -0.118. The third kappa shape index (κ3) is 5.05. The Labute approximate surface area is 224 Å². The van der Waals surface area contributed by atoms with E-state index >= 15 is 0 Å². The van der Waals surface area contributed by atoms with E-state index in [1.807, 2.05) is 42.5 Å². The van der Waals surface area contributed by atoms with Crippen molar-refractivity contribution in [2.45, 2.75) is 51.7 Å². The van der Waals surface area contributed by atoms with Gasteiger partial charge in [0.1, 0.15) is 0 Å². The number of hydrogen-bond acceptors (Lipinski definition) is 6. The number of Topliss-reactive ketones (excluding diaryl/α,β-unsaturated/α-hetero) is 1. The molecule has 0 amide bonds. The molecule has 3 aliphatic rings. The fourth-order valence-corrected chi connectivity index (χ4v) is 5.93. The van der Waals surface area contributed by atoms with Crippen LogP contribution in [0.15, 0.2) is 53.7 Å². The van der Waals surface area contributed by atoms with E-state index in [4.69, 9.17) is 26.4 Å². The first kappa shape index (κ1) is 25.5. The van der Waals surface area contributed by atoms with E-state index in [0.717, 1.165) is 54.1 Å². The van der Waals surface area contributed by atoms with Gasteiger partial charge in [-0.2, -0.15) is 0 Å². The maximum absolute atomic E-state index is 13.9. The molecular weight excluding hydrogens is 486 g/mol. The van der Waals surface area contributed by atoms with Gasteiger partial charge in [0.15, 0.2) is 22.4 Å². The number of carbonyl (C=O) groups excluding carboxylic acids is 1. The Morgan fingerprint density at radius 3 is 2.68 bits per heavy atom. The van der Waals surface area contributed by atoms with Gasteiger partial charge in [-0.05, 0) is 66.7 Å². The maximum atomic E-state index is 13.9. The lowest BCUT2D eigenvalue weighted by Gasteiger charge is -2.38. The fourth-order valence-electron chi connectivity index (χ4n) is 5.64. The summed E-state index contributed by atoms with van der Waals surface area (Å²) in [6, 6.07) is 13.5. The number of fused-ring (bicyclic) bond motifs is 1. The molecule has 0 radical (unpaired) electrons. The second-order valence-corrected chi connectivity index (χ2v) is 11.1. The van der Waals surface area contributed by atoms with Gasteiger partial charge in [-0.15, -0.1) is 0 Å². The molecule has 0 bridgehead atoms. The van der Waals surface area contributed by atoms with Crippen molar-refractivity contribution in [3.05, 3.63) is 59.3 Å². The number of para-hydroxylation sites is 2. The van der Waals surface area contributed by atoms with Crippen LogP contribution >= 0.6 is 12.2 Å². The average Bonchev–Trinajstić information content (AvgIpc) is 3.35. The lowest BCUT2D eigenvalue weighted by Crippen LogP contribution is -2.46. The molecule has 2 aliphatic heterocycles. The summed E-state index contributed by atoms with van der Waals surface area (Å²) in [6.45, 7) is 5.69. The van der Waals surface area contributed by atoms with Gasteiger partial charge in [0.05, 0.1) is 37.7 Å². The normalized spacial score (nSPS) is 22.5.